The minimum absolute atomic E-state index is 0.317. The van der Waals surface area contributed by atoms with Crippen LogP contribution in [0.2, 0.25) is 5.02 Å². The fourth-order valence-electron chi connectivity index (χ4n) is 3.71. The molecule has 0 amide bonds. The Balaban J connectivity index is 1.86. The van der Waals surface area contributed by atoms with Crippen molar-refractivity contribution in [2.24, 2.45) is 5.92 Å². The summed E-state index contributed by atoms with van der Waals surface area (Å²) in [4.78, 5) is 4.14. The van der Waals surface area contributed by atoms with Gasteiger partial charge in [-0.2, -0.15) is 0 Å². The highest BCUT2D eigenvalue weighted by Crippen LogP contribution is 2.52. The average Bonchev–Trinajstić information content (AvgIpc) is 3.00. The predicted octanol–water partition coefficient (Wildman–Crippen LogP) is 4.87. The van der Waals surface area contributed by atoms with Crippen LogP contribution in [-0.2, 0) is 0 Å². The van der Waals surface area contributed by atoms with E-state index in [4.69, 9.17) is 11.6 Å². The Bertz CT molecular complexity index is 709. The summed E-state index contributed by atoms with van der Waals surface area (Å²) in [5.41, 5.74) is 5.03. The fourth-order valence-corrected chi connectivity index (χ4v) is 3.99. The van der Waals surface area contributed by atoms with Crippen molar-refractivity contribution in [3.8, 4) is 0 Å². The standard InChI is InChI=1S/C18H17ClN2/c1-11-5-6-15(19)16-13-3-2-4-14(13)18(21-17(11)16)12-7-9-20-10-8-12/h2-3,5-10,13-14,18,21H,4H2,1H3/t13-,14+,18+/m1/s1. The van der Waals surface area contributed by atoms with E-state index in [1.54, 1.807) is 0 Å². The van der Waals surface area contributed by atoms with Crippen LogP contribution < -0.4 is 5.32 Å². The smallest absolute Gasteiger partial charge is 0.0555 e. The maximum Gasteiger partial charge on any atom is 0.0555 e. The van der Waals surface area contributed by atoms with Crippen molar-refractivity contribution in [3.63, 3.8) is 0 Å². The molecule has 0 unspecified atom stereocenters. The summed E-state index contributed by atoms with van der Waals surface area (Å²) in [6.07, 6.45) is 9.45. The van der Waals surface area contributed by atoms with Gasteiger partial charge in [-0.3, -0.25) is 4.98 Å². The van der Waals surface area contributed by atoms with Gasteiger partial charge in [0.1, 0.15) is 0 Å². The van der Waals surface area contributed by atoms with Crippen LogP contribution >= 0.6 is 11.6 Å². The summed E-state index contributed by atoms with van der Waals surface area (Å²) in [6, 6.07) is 8.65. The Kier molecular flexibility index (Phi) is 3.00. The number of allylic oxidation sites excluding steroid dienone is 2. The van der Waals surface area contributed by atoms with Gasteiger partial charge < -0.3 is 5.32 Å². The molecule has 2 nitrogen and oxygen atoms in total. The lowest BCUT2D eigenvalue weighted by molar-refractivity contribution is 0.425. The summed E-state index contributed by atoms with van der Waals surface area (Å²) in [5.74, 6) is 0.936. The zero-order valence-corrected chi connectivity index (χ0v) is 12.6. The van der Waals surface area contributed by atoms with Crippen LogP contribution in [0.15, 0.2) is 48.8 Å². The van der Waals surface area contributed by atoms with Crippen molar-refractivity contribution >= 4 is 17.3 Å². The molecule has 0 radical (unpaired) electrons. The number of rotatable bonds is 1. The maximum atomic E-state index is 6.49. The van der Waals surface area contributed by atoms with Crippen molar-refractivity contribution in [3.05, 3.63) is 70.5 Å². The van der Waals surface area contributed by atoms with Gasteiger partial charge in [0.25, 0.3) is 0 Å². The Morgan fingerprint density at radius 2 is 2.00 bits per heavy atom. The molecule has 3 atom stereocenters. The molecule has 2 aliphatic rings. The number of aryl methyl sites for hydroxylation is 1. The number of hydrogen-bond acceptors (Lipinski definition) is 2. The van der Waals surface area contributed by atoms with E-state index in [0.29, 0.717) is 17.9 Å². The Labute approximate surface area is 129 Å². The van der Waals surface area contributed by atoms with E-state index < -0.39 is 0 Å². The van der Waals surface area contributed by atoms with Crippen LogP contribution in [0.3, 0.4) is 0 Å². The third-order valence-electron chi connectivity index (χ3n) is 4.74. The van der Waals surface area contributed by atoms with Crippen molar-refractivity contribution in [1.82, 2.24) is 4.98 Å². The van der Waals surface area contributed by atoms with E-state index >= 15 is 0 Å². The minimum atomic E-state index is 0.317. The first-order chi connectivity index (χ1) is 10.3. The quantitative estimate of drug-likeness (QED) is 0.759. The monoisotopic (exact) mass is 296 g/mol. The van der Waals surface area contributed by atoms with E-state index in [-0.39, 0.29) is 0 Å². The van der Waals surface area contributed by atoms with Gasteiger partial charge in [-0.15, -0.1) is 0 Å². The molecule has 3 heteroatoms. The van der Waals surface area contributed by atoms with Gasteiger partial charge in [-0.1, -0.05) is 29.8 Å². The van der Waals surface area contributed by atoms with Gasteiger partial charge in [0, 0.05) is 34.6 Å². The number of halogens is 1. The fraction of sp³-hybridized carbons (Fsp3) is 0.278. The molecule has 21 heavy (non-hydrogen) atoms. The molecule has 2 aromatic rings. The van der Waals surface area contributed by atoms with Crippen LogP contribution in [0.5, 0.6) is 0 Å². The number of aromatic nitrogens is 1. The van der Waals surface area contributed by atoms with Gasteiger partial charge in [0.15, 0.2) is 0 Å². The zero-order chi connectivity index (χ0) is 14.4. The summed E-state index contributed by atoms with van der Waals surface area (Å²) < 4.78 is 0. The molecule has 1 aromatic heterocycles. The largest absolute Gasteiger partial charge is 0.377 e. The first kappa shape index (κ1) is 12.9. The number of pyridine rings is 1. The Hall–Kier alpha value is -1.80. The van der Waals surface area contributed by atoms with E-state index in [1.807, 2.05) is 18.5 Å². The van der Waals surface area contributed by atoms with Crippen LogP contribution in [0.4, 0.5) is 5.69 Å². The molecule has 1 aromatic carbocycles. The lowest BCUT2D eigenvalue weighted by Gasteiger charge is -2.38. The lowest BCUT2D eigenvalue weighted by Crippen LogP contribution is -2.29. The van der Waals surface area contributed by atoms with Crippen LogP contribution in [0.25, 0.3) is 0 Å². The van der Waals surface area contributed by atoms with E-state index in [1.165, 1.54) is 22.4 Å². The number of nitrogens with one attached hydrogen (secondary N) is 1. The molecule has 2 heterocycles. The molecule has 0 fully saturated rings. The first-order valence-corrected chi connectivity index (χ1v) is 7.75. The minimum Gasteiger partial charge on any atom is -0.377 e. The number of benzene rings is 1. The summed E-state index contributed by atoms with van der Waals surface area (Å²) >= 11 is 6.49. The molecule has 0 bridgehead atoms. The summed E-state index contributed by atoms with van der Waals surface area (Å²) in [5, 5.41) is 4.61. The molecule has 1 N–H and O–H groups in total. The number of anilines is 1. The molecule has 1 aliphatic carbocycles. The SMILES string of the molecule is Cc1ccc(Cl)c2c1N[C@@H](c1ccncc1)[C@H]1CC=C[C@@H]21. The second-order valence-electron chi connectivity index (χ2n) is 5.91. The Morgan fingerprint density at radius 1 is 1.19 bits per heavy atom. The predicted molar refractivity (Wildman–Crippen MR) is 86.8 cm³/mol. The molecule has 0 saturated carbocycles. The molecule has 4 rings (SSSR count). The van der Waals surface area contributed by atoms with Gasteiger partial charge in [0.2, 0.25) is 0 Å². The third kappa shape index (κ3) is 1.97. The van der Waals surface area contributed by atoms with Crippen molar-refractivity contribution < 1.29 is 0 Å². The first-order valence-electron chi connectivity index (χ1n) is 7.38. The highest BCUT2D eigenvalue weighted by molar-refractivity contribution is 6.32. The summed E-state index contributed by atoms with van der Waals surface area (Å²) in [6.45, 7) is 2.14. The van der Waals surface area contributed by atoms with Crippen LogP contribution in [-0.4, -0.2) is 4.98 Å². The molecule has 106 valence electrons. The molecular formula is C18H17ClN2. The van der Waals surface area contributed by atoms with Crippen molar-refractivity contribution in [1.29, 1.82) is 0 Å². The normalized spacial score (nSPS) is 26.1. The number of hydrogen-bond donors (Lipinski definition) is 1. The lowest BCUT2D eigenvalue weighted by atomic mass is 9.76. The third-order valence-corrected chi connectivity index (χ3v) is 5.07. The van der Waals surface area contributed by atoms with Crippen LogP contribution in [0.1, 0.15) is 35.1 Å². The van der Waals surface area contributed by atoms with Gasteiger partial charge in [0.05, 0.1) is 6.04 Å². The number of fused-ring (bicyclic) bond motifs is 3. The van der Waals surface area contributed by atoms with Crippen LogP contribution in [0, 0.1) is 12.8 Å². The second kappa shape index (κ2) is 4.88. The second-order valence-corrected chi connectivity index (χ2v) is 6.32. The highest BCUT2D eigenvalue weighted by Gasteiger charge is 2.39. The zero-order valence-electron chi connectivity index (χ0n) is 11.9. The topological polar surface area (TPSA) is 24.9 Å². The van der Waals surface area contributed by atoms with Crippen molar-refractivity contribution in [2.45, 2.75) is 25.3 Å². The molecular weight excluding hydrogens is 280 g/mol. The van der Waals surface area contributed by atoms with Crippen molar-refractivity contribution in [2.75, 3.05) is 5.32 Å². The molecule has 0 saturated heterocycles. The highest BCUT2D eigenvalue weighted by atomic mass is 35.5. The number of nitrogens with zero attached hydrogens (tertiary/aromatic N) is 1. The molecule has 0 spiro atoms. The van der Waals surface area contributed by atoms with Gasteiger partial charge in [-0.05, 0) is 48.6 Å². The Morgan fingerprint density at radius 3 is 2.81 bits per heavy atom. The maximum absolute atomic E-state index is 6.49. The average molecular weight is 297 g/mol. The summed E-state index contributed by atoms with van der Waals surface area (Å²) in [7, 11) is 0. The van der Waals surface area contributed by atoms with E-state index in [2.05, 4.69) is 47.6 Å². The van der Waals surface area contributed by atoms with E-state index in [9.17, 15) is 0 Å². The van der Waals surface area contributed by atoms with E-state index in [0.717, 1.165) is 11.4 Å². The van der Waals surface area contributed by atoms with Gasteiger partial charge >= 0.3 is 0 Å². The van der Waals surface area contributed by atoms with Gasteiger partial charge in [-0.25, -0.2) is 0 Å². The molecule has 1 aliphatic heterocycles.